The van der Waals surface area contributed by atoms with Crippen LogP contribution < -0.4 is 16.9 Å². The summed E-state index contributed by atoms with van der Waals surface area (Å²) in [4.78, 5) is 33.6. The number of aryl methyl sites for hydroxylation is 1. The molecule has 0 aliphatic heterocycles. The number of amides is 2. The Kier molecular flexibility index (Phi) is 2.61. The van der Waals surface area contributed by atoms with Gasteiger partial charge < -0.3 is 16.0 Å². The summed E-state index contributed by atoms with van der Waals surface area (Å²) in [7, 11) is 1.59. The van der Waals surface area contributed by atoms with E-state index in [0.29, 0.717) is 5.69 Å². The maximum atomic E-state index is 11.6. The van der Waals surface area contributed by atoms with Crippen molar-refractivity contribution in [2.24, 2.45) is 18.5 Å². The molecule has 0 spiro atoms. The second-order valence-corrected chi connectivity index (χ2v) is 3.17. The third-order valence-electron chi connectivity index (χ3n) is 2.20. The van der Waals surface area contributed by atoms with Gasteiger partial charge in [-0.2, -0.15) is 0 Å². The van der Waals surface area contributed by atoms with Gasteiger partial charge in [0.15, 0.2) is 0 Å². The van der Waals surface area contributed by atoms with Crippen LogP contribution in [-0.4, -0.2) is 16.4 Å². The van der Waals surface area contributed by atoms with Gasteiger partial charge in [-0.25, -0.2) is 0 Å². The van der Waals surface area contributed by atoms with E-state index in [1.807, 2.05) is 0 Å². The second kappa shape index (κ2) is 3.56. The van der Waals surface area contributed by atoms with Crippen LogP contribution in [0.3, 0.4) is 0 Å². The molecule has 0 radical (unpaired) electrons. The van der Waals surface area contributed by atoms with Crippen molar-refractivity contribution in [1.29, 1.82) is 0 Å². The molecular weight excluding hydrogens is 198 g/mol. The van der Waals surface area contributed by atoms with Gasteiger partial charge in [-0.1, -0.05) is 0 Å². The van der Waals surface area contributed by atoms with E-state index in [2.05, 4.69) is 0 Å². The van der Waals surface area contributed by atoms with Gasteiger partial charge in [0.1, 0.15) is 11.1 Å². The highest BCUT2D eigenvalue weighted by Gasteiger charge is 2.18. The van der Waals surface area contributed by atoms with Crippen molar-refractivity contribution < 1.29 is 9.59 Å². The van der Waals surface area contributed by atoms with Gasteiger partial charge >= 0.3 is 0 Å². The van der Waals surface area contributed by atoms with Crippen LogP contribution in [0.1, 0.15) is 26.4 Å². The fourth-order valence-corrected chi connectivity index (χ4v) is 1.29. The Balaban J connectivity index is 3.72. The fraction of sp³-hybridized carbons (Fsp3) is 0.222. The molecule has 6 heteroatoms. The monoisotopic (exact) mass is 209 g/mol. The number of carbonyl (C=O) groups is 2. The molecule has 1 rings (SSSR count). The maximum absolute atomic E-state index is 11.6. The van der Waals surface area contributed by atoms with Gasteiger partial charge in [0.05, 0.1) is 0 Å². The highest BCUT2D eigenvalue weighted by atomic mass is 16.2. The third kappa shape index (κ3) is 1.74. The van der Waals surface area contributed by atoms with Crippen LogP contribution in [0.15, 0.2) is 11.0 Å². The summed E-state index contributed by atoms with van der Waals surface area (Å²) < 4.78 is 1.46. The number of aromatic nitrogens is 1. The number of primary amides is 2. The Labute approximate surface area is 85.5 Å². The minimum Gasteiger partial charge on any atom is -0.365 e. The normalized spacial score (nSPS) is 10.0. The summed E-state index contributed by atoms with van der Waals surface area (Å²) in [6, 6.07) is 0. The second-order valence-electron chi connectivity index (χ2n) is 3.17. The molecule has 80 valence electrons. The van der Waals surface area contributed by atoms with Crippen molar-refractivity contribution in [3.05, 3.63) is 33.2 Å². The number of pyridine rings is 1. The number of hydrogen-bond acceptors (Lipinski definition) is 3. The highest BCUT2D eigenvalue weighted by molar-refractivity contribution is 5.98. The molecule has 6 nitrogen and oxygen atoms in total. The summed E-state index contributed by atoms with van der Waals surface area (Å²) in [5.41, 5.74) is 9.29. The largest absolute Gasteiger partial charge is 0.365 e. The molecule has 0 aliphatic rings. The number of rotatable bonds is 2. The van der Waals surface area contributed by atoms with Crippen LogP contribution >= 0.6 is 0 Å². The average Bonchev–Trinajstić information content (AvgIpc) is 2.10. The number of hydrogen-bond donors (Lipinski definition) is 2. The zero-order valence-electron chi connectivity index (χ0n) is 8.40. The molecule has 1 aromatic rings. The summed E-state index contributed by atoms with van der Waals surface area (Å²) >= 11 is 0. The Morgan fingerprint density at radius 3 is 2.20 bits per heavy atom. The summed E-state index contributed by atoms with van der Waals surface area (Å²) in [5.74, 6) is -1.74. The fourth-order valence-electron chi connectivity index (χ4n) is 1.29. The molecule has 0 bridgehead atoms. The van der Waals surface area contributed by atoms with Crippen LogP contribution in [-0.2, 0) is 7.05 Å². The molecule has 0 fully saturated rings. The van der Waals surface area contributed by atoms with E-state index in [9.17, 15) is 14.4 Å². The van der Waals surface area contributed by atoms with E-state index < -0.39 is 17.2 Å². The van der Waals surface area contributed by atoms with Crippen LogP contribution in [0.5, 0.6) is 0 Å². The van der Waals surface area contributed by atoms with Crippen molar-refractivity contribution in [2.75, 3.05) is 0 Å². The minimum absolute atomic E-state index is 0.200. The Hall–Kier alpha value is -2.11. The number of nitrogens with zero attached hydrogens (tertiary/aromatic N) is 1. The van der Waals surface area contributed by atoms with Gasteiger partial charge in [0.2, 0.25) is 5.43 Å². The lowest BCUT2D eigenvalue weighted by molar-refractivity contribution is 0.0997. The molecule has 0 atom stereocenters. The minimum atomic E-state index is -0.877. The molecule has 0 aromatic carbocycles. The van der Waals surface area contributed by atoms with E-state index in [1.54, 1.807) is 14.0 Å². The SMILES string of the molecule is Cc1c(C(N)=O)c(=O)c(C(N)=O)cn1C. The van der Waals surface area contributed by atoms with Crippen molar-refractivity contribution in [3.8, 4) is 0 Å². The molecule has 2 amide bonds. The van der Waals surface area contributed by atoms with Gasteiger partial charge in [0, 0.05) is 18.9 Å². The first kappa shape index (κ1) is 11.0. The third-order valence-corrected chi connectivity index (χ3v) is 2.20. The van der Waals surface area contributed by atoms with E-state index in [4.69, 9.17) is 11.5 Å². The molecule has 0 saturated carbocycles. The number of carbonyl (C=O) groups excluding carboxylic acids is 2. The zero-order chi connectivity index (χ0) is 11.7. The lowest BCUT2D eigenvalue weighted by Gasteiger charge is -2.09. The van der Waals surface area contributed by atoms with Gasteiger partial charge in [-0.05, 0) is 6.92 Å². The van der Waals surface area contributed by atoms with Gasteiger partial charge in [0.25, 0.3) is 11.8 Å². The molecule has 0 aliphatic carbocycles. The molecular formula is C9H11N3O3. The van der Waals surface area contributed by atoms with Crippen molar-refractivity contribution in [3.63, 3.8) is 0 Å². The summed E-state index contributed by atoms with van der Waals surface area (Å²) in [6.07, 6.45) is 1.28. The van der Waals surface area contributed by atoms with Crippen LogP contribution in [0.25, 0.3) is 0 Å². The van der Waals surface area contributed by atoms with Crippen LogP contribution in [0.4, 0.5) is 0 Å². The van der Waals surface area contributed by atoms with Crippen LogP contribution in [0.2, 0.25) is 0 Å². The predicted octanol–water partition coefficient (Wildman–Crippen LogP) is -1.11. The molecule has 0 unspecified atom stereocenters. The molecule has 1 aromatic heterocycles. The van der Waals surface area contributed by atoms with E-state index in [1.165, 1.54) is 10.8 Å². The van der Waals surface area contributed by atoms with E-state index in [-0.39, 0.29) is 11.1 Å². The Morgan fingerprint density at radius 1 is 1.27 bits per heavy atom. The highest BCUT2D eigenvalue weighted by Crippen LogP contribution is 2.03. The van der Waals surface area contributed by atoms with Gasteiger partial charge in [-0.3, -0.25) is 14.4 Å². The van der Waals surface area contributed by atoms with Crippen molar-refractivity contribution in [2.45, 2.75) is 6.92 Å². The lowest BCUT2D eigenvalue weighted by Crippen LogP contribution is -2.32. The first-order chi connectivity index (χ1) is 6.86. The quantitative estimate of drug-likeness (QED) is 0.644. The standard InChI is InChI=1S/C9H11N3O3/c1-4-6(9(11)15)7(13)5(8(10)14)3-12(4)2/h3H,1-2H3,(H2,10,14)(H2,11,15). The predicted molar refractivity (Wildman–Crippen MR) is 53.5 cm³/mol. The lowest BCUT2D eigenvalue weighted by atomic mass is 10.1. The average molecular weight is 209 g/mol. The van der Waals surface area contributed by atoms with Gasteiger partial charge in [-0.15, -0.1) is 0 Å². The van der Waals surface area contributed by atoms with Crippen LogP contribution in [0, 0.1) is 6.92 Å². The number of nitrogens with two attached hydrogens (primary N) is 2. The summed E-state index contributed by atoms with van der Waals surface area (Å²) in [5, 5.41) is 0. The maximum Gasteiger partial charge on any atom is 0.254 e. The first-order valence-electron chi connectivity index (χ1n) is 4.16. The molecule has 4 N–H and O–H groups in total. The first-order valence-corrected chi connectivity index (χ1v) is 4.16. The molecule has 1 heterocycles. The van der Waals surface area contributed by atoms with E-state index in [0.717, 1.165) is 0 Å². The topological polar surface area (TPSA) is 108 Å². The van der Waals surface area contributed by atoms with Crippen molar-refractivity contribution in [1.82, 2.24) is 4.57 Å². The summed E-state index contributed by atoms with van der Waals surface area (Å²) in [6.45, 7) is 1.56. The van der Waals surface area contributed by atoms with Crippen molar-refractivity contribution >= 4 is 11.8 Å². The Morgan fingerprint density at radius 2 is 1.80 bits per heavy atom. The van der Waals surface area contributed by atoms with E-state index >= 15 is 0 Å². The Bertz CT molecular complexity index is 502. The molecule has 15 heavy (non-hydrogen) atoms. The smallest absolute Gasteiger partial charge is 0.254 e. The zero-order valence-corrected chi connectivity index (χ0v) is 8.40. The molecule has 0 saturated heterocycles.